The Labute approximate surface area is 256 Å². The van der Waals surface area contributed by atoms with Crippen LogP contribution in [0.2, 0.25) is 0 Å². The van der Waals surface area contributed by atoms with Crippen LogP contribution in [0.5, 0.6) is 0 Å². The minimum absolute atomic E-state index is 0.0590. The molecule has 0 radical (unpaired) electrons. The molecule has 2 saturated carbocycles. The highest BCUT2D eigenvalue weighted by Gasteiger charge is 2.55. The van der Waals surface area contributed by atoms with Crippen molar-refractivity contribution in [3.63, 3.8) is 0 Å². The summed E-state index contributed by atoms with van der Waals surface area (Å²) < 4.78 is 18.1. The van der Waals surface area contributed by atoms with Crippen LogP contribution in [-0.2, 0) is 19.0 Å². The van der Waals surface area contributed by atoms with Gasteiger partial charge in [0.2, 0.25) is 0 Å². The molecule has 17 nitrogen and oxygen atoms in total. The first-order valence-corrected chi connectivity index (χ1v) is 15.6. The number of nitrogens with two attached hydrogens (primary N) is 5. The van der Waals surface area contributed by atoms with Gasteiger partial charge < -0.3 is 84.2 Å². The minimum atomic E-state index is -1.69. The zero-order valence-electron chi connectivity index (χ0n) is 24.9. The molecule has 44 heavy (non-hydrogen) atoms. The summed E-state index contributed by atoms with van der Waals surface area (Å²) in [6, 6.07) is -3.60. The fraction of sp³-hybridized carbons (Fsp3) is 0.963. The van der Waals surface area contributed by atoms with Gasteiger partial charge >= 0.3 is 0 Å². The number of aliphatic hydroxyl groups is 6. The first-order chi connectivity index (χ1) is 20.8. The zero-order valence-corrected chi connectivity index (χ0v) is 24.9. The summed E-state index contributed by atoms with van der Waals surface area (Å²) in [5, 5.41) is 69.9. The minimum Gasteiger partial charge on any atom is -0.394 e. The van der Waals surface area contributed by atoms with E-state index in [1.807, 2.05) is 0 Å². The van der Waals surface area contributed by atoms with Crippen LogP contribution in [-0.4, -0.2) is 154 Å². The van der Waals surface area contributed by atoms with Crippen molar-refractivity contribution in [2.24, 2.45) is 34.6 Å². The molecule has 2 saturated heterocycles. The van der Waals surface area contributed by atoms with Crippen LogP contribution in [0.25, 0.3) is 0 Å². The summed E-state index contributed by atoms with van der Waals surface area (Å²) in [4.78, 5) is 13.1. The third-order valence-corrected chi connectivity index (χ3v) is 9.62. The van der Waals surface area contributed by atoms with Gasteiger partial charge in [-0.1, -0.05) is 0 Å². The number of aliphatic hydroxyl groups excluding tert-OH is 5. The molecule has 2 unspecified atom stereocenters. The highest BCUT2D eigenvalue weighted by Crippen LogP contribution is 2.38. The fourth-order valence-electron chi connectivity index (χ4n) is 6.98. The average Bonchev–Trinajstić information content (AvgIpc) is 2.97. The molecule has 2 aliphatic carbocycles. The van der Waals surface area contributed by atoms with Crippen molar-refractivity contribution in [3.8, 4) is 0 Å². The maximum Gasteiger partial charge on any atom is 0.252 e. The molecule has 256 valence electrons. The van der Waals surface area contributed by atoms with Crippen LogP contribution in [0, 0.1) is 5.92 Å². The van der Waals surface area contributed by atoms with Gasteiger partial charge in [0.1, 0.15) is 30.0 Å². The third-order valence-electron chi connectivity index (χ3n) is 9.62. The number of hydrogen-bond donors (Lipinski definition) is 13. The Morgan fingerprint density at radius 2 is 1.73 bits per heavy atom. The Morgan fingerprint density at radius 1 is 1.02 bits per heavy atom. The van der Waals surface area contributed by atoms with E-state index in [2.05, 4.69) is 10.6 Å². The van der Waals surface area contributed by atoms with Gasteiger partial charge in [-0.15, -0.1) is 0 Å². The van der Waals surface area contributed by atoms with E-state index in [0.717, 1.165) is 0 Å². The van der Waals surface area contributed by atoms with Gasteiger partial charge in [-0.3, -0.25) is 4.79 Å². The van der Waals surface area contributed by atoms with E-state index in [4.69, 9.17) is 42.9 Å². The Hall–Kier alpha value is -1.13. The number of rotatable bonds is 12. The van der Waals surface area contributed by atoms with Crippen LogP contribution < -0.4 is 39.3 Å². The molecule has 0 aromatic rings. The van der Waals surface area contributed by atoms with E-state index >= 15 is 0 Å². The molecule has 0 spiro atoms. The molecular weight excluding hydrogens is 582 g/mol. The van der Waals surface area contributed by atoms with Crippen molar-refractivity contribution in [3.05, 3.63) is 0 Å². The summed E-state index contributed by atoms with van der Waals surface area (Å²) in [6.45, 7) is 0.170. The molecule has 4 aliphatic rings. The van der Waals surface area contributed by atoms with Crippen molar-refractivity contribution in [2.75, 3.05) is 26.2 Å². The summed E-state index contributed by atoms with van der Waals surface area (Å²) in [6.07, 6.45) is -8.11. The lowest BCUT2D eigenvalue weighted by atomic mass is 9.71. The maximum atomic E-state index is 13.1. The van der Waals surface area contributed by atoms with E-state index in [9.17, 15) is 35.4 Å². The molecule has 18 N–H and O–H groups in total. The van der Waals surface area contributed by atoms with Gasteiger partial charge in [-0.05, 0) is 32.2 Å². The third kappa shape index (κ3) is 7.70. The maximum absolute atomic E-state index is 13.1. The fourth-order valence-corrected chi connectivity index (χ4v) is 6.98. The standard InChI is InChI=1S/C27H53N7O10/c28-4-3-12(36)9-33-15-2-1-13(8-29)42-23(15)18-14(31)5-16(34-26(40)27(41)6-11(30)7-27)24(21(18)38)44-25-22(39)19(32)20(37)17(10-35)43-25/h11-25,33,35-39,41H,1-10,28-32H2,(H,34,40)/t11?,12?,13-,14-,15+,16+,17+,18?,19-,20+,21-,22+,23-,24-,25+,27?/m0/s1. The van der Waals surface area contributed by atoms with Crippen molar-refractivity contribution in [1.29, 1.82) is 0 Å². The van der Waals surface area contributed by atoms with Crippen molar-refractivity contribution in [1.82, 2.24) is 10.6 Å². The van der Waals surface area contributed by atoms with Crippen LogP contribution >= 0.6 is 0 Å². The number of carbonyl (C=O) groups is 1. The second-order valence-corrected chi connectivity index (χ2v) is 12.9. The first kappa shape index (κ1) is 35.7. The number of hydrogen-bond acceptors (Lipinski definition) is 16. The van der Waals surface area contributed by atoms with Crippen molar-refractivity contribution < 1.29 is 49.6 Å². The van der Waals surface area contributed by atoms with Gasteiger partial charge in [0.05, 0.1) is 43.1 Å². The summed E-state index contributed by atoms with van der Waals surface area (Å²) in [5.41, 5.74) is 28.3. The summed E-state index contributed by atoms with van der Waals surface area (Å²) >= 11 is 0. The SMILES string of the molecule is NCCC(O)CN[C@@H]1CC[C@@H](CN)O[C@@H]1C1[C@@H](N)C[C@@H](NC(=O)C2(O)CC(N)C2)[C@H](O[C@H]2O[C@H](CO)[C@@H](O)[C@H](N)[C@H]2O)[C@H]1O. The monoisotopic (exact) mass is 635 g/mol. The van der Waals surface area contributed by atoms with Crippen LogP contribution in [0.3, 0.4) is 0 Å². The van der Waals surface area contributed by atoms with Gasteiger partial charge in [0.15, 0.2) is 6.29 Å². The van der Waals surface area contributed by atoms with Gasteiger partial charge in [-0.2, -0.15) is 0 Å². The average molecular weight is 636 g/mol. The predicted octanol–water partition coefficient (Wildman–Crippen LogP) is -6.64. The summed E-state index contributed by atoms with van der Waals surface area (Å²) in [5.74, 6) is -1.48. The second kappa shape index (κ2) is 15.2. The summed E-state index contributed by atoms with van der Waals surface area (Å²) in [7, 11) is 0. The Balaban J connectivity index is 1.60. The molecule has 0 aromatic heterocycles. The first-order valence-electron chi connectivity index (χ1n) is 15.6. The zero-order chi connectivity index (χ0) is 32.3. The number of amides is 1. The molecule has 14 atom stereocenters. The molecule has 2 aliphatic heterocycles. The molecule has 0 bridgehead atoms. The lowest BCUT2D eigenvalue weighted by molar-refractivity contribution is -0.306. The number of ether oxygens (including phenoxy) is 3. The van der Waals surface area contributed by atoms with Gasteiger partial charge in [-0.25, -0.2) is 0 Å². The molecule has 4 fully saturated rings. The normalized spacial score (nSPS) is 47.1. The molecular formula is C27H53N7O10. The Kier molecular flexibility index (Phi) is 12.3. The predicted molar refractivity (Wildman–Crippen MR) is 155 cm³/mol. The lowest BCUT2D eigenvalue weighted by Crippen LogP contribution is -2.71. The smallest absolute Gasteiger partial charge is 0.252 e. The Morgan fingerprint density at radius 3 is 2.34 bits per heavy atom. The van der Waals surface area contributed by atoms with E-state index in [1.54, 1.807) is 0 Å². The van der Waals surface area contributed by atoms with Gasteiger partial charge in [0.25, 0.3) is 5.91 Å². The van der Waals surface area contributed by atoms with Crippen molar-refractivity contribution in [2.45, 2.75) is 129 Å². The van der Waals surface area contributed by atoms with Crippen molar-refractivity contribution >= 4 is 5.91 Å². The number of carbonyl (C=O) groups excluding carboxylic acids is 1. The van der Waals surface area contributed by atoms with Gasteiger partial charge in [0, 0.05) is 50.0 Å². The highest BCUT2D eigenvalue weighted by molar-refractivity contribution is 5.86. The molecule has 0 aromatic carbocycles. The lowest BCUT2D eigenvalue weighted by Gasteiger charge is -2.52. The van der Waals surface area contributed by atoms with E-state index in [1.165, 1.54) is 0 Å². The van der Waals surface area contributed by atoms with E-state index in [0.29, 0.717) is 25.8 Å². The van der Waals surface area contributed by atoms with E-state index in [-0.39, 0.29) is 50.5 Å². The molecule has 17 heteroatoms. The van der Waals surface area contributed by atoms with Crippen LogP contribution in [0.4, 0.5) is 0 Å². The van der Waals surface area contributed by atoms with Crippen LogP contribution in [0.15, 0.2) is 0 Å². The Bertz CT molecular complexity index is 933. The number of nitrogens with one attached hydrogen (secondary N) is 2. The van der Waals surface area contributed by atoms with E-state index < -0.39 is 91.2 Å². The largest absolute Gasteiger partial charge is 0.394 e. The molecule has 2 heterocycles. The van der Waals surface area contributed by atoms with Crippen LogP contribution in [0.1, 0.15) is 38.5 Å². The topological polar surface area (TPSA) is 320 Å². The second-order valence-electron chi connectivity index (χ2n) is 12.9. The molecule has 1 amide bonds. The molecule has 4 rings (SSSR count). The highest BCUT2D eigenvalue weighted by atomic mass is 16.7. The quantitative estimate of drug-likeness (QED) is 0.0947.